The highest BCUT2D eigenvalue weighted by Gasteiger charge is 2.53. The maximum absolute atomic E-state index is 11.7. The van der Waals surface area contributed by atoms with Crippen molar-refractivity contribution in [2.24, 2.45) is 5.11 Å². The molecule has 0 amide bonds. The summed E-state index contributed by atoms with van der Waals surface area (Å²) in [5.74, 6) is -1.77. The highest BCUT2D eigenvalue weighted by Crippen LogP contribution is 2.39. The maximum atomic E-state index is 11.7. The first-order valence-electron chi connectivity index (χ1n) is 11.9. The van der Waals surface area contributed by atoms with Crippen LogP contribution in [0.2, 0.25) is 18.1 Å². The van der Waals surface area contributed by atoms with Gasteiger partial charge in [0.2, 0.25) is 5.79 Å². The van der Waals surface area contributed by atoms with Crippen LogP contribution in [0.25, 0.3) is 10.4 Å². The maximum Gasteiger partial charge on any atom is 0.217 e. The van der Waals surface area contributed by atoms with E-state index in [2.05, 4.69) is 43.9 Å². The Morgan fingerprint density at radius 3 is 2.09 bits per heavy atom. The molecule has 190 valence electrons. The Hall–Kier alpha value is -2.23. The molecule has 0 bridgehead atoms. The van der Waals surface area contributed by atoms with Gasteiger partial charge < -0.3 is 23.7 Å². The molecule has 1 aliphatic heterocycles. The van der Waals surface area contributed by atoms with Crippen molar-refractivity contribution in [3.8, 4) is 0 Å². The summed E-state index contributed by atoms with van der Waals surface area (Å²) >= 11 is 0. The minimum Gasteiger partial charge on any atom is -0.411 e. The summed E-state index contributed by atoms with van der Waals surface area (Å²) in [6.45, 7) is 11.1. The average Bonchev–Trinajstić information content (AvgIpc) is 2.83. The molecule has 9 heteroatoms. The van der Waals surface area contributed by atoms with Crippen molar-refractivity contribution < 1.29 is 23.7 Å². The fourth-order valence-corrected chi connectivity index (χ4v) is 4.61. The number of ether oxygens (including phenoxy) is 3. The molecule has 0 spiro atoms. The molecule has 8 nitrogen and oxygen atoms in total. The van der Waals surface area contributed by atoms with Gasteiger partial charge in [0.1, 0.15) is 12.2 Å². The summed E-state index contributed by atoms with van der Waals surface area (Å²) in [6.07, 6.45) is -1.68. The highest BCUT2D eigenvalue weighted by atomic mass is 28.4. The quantitative estimate of drug-likeness (QED) is 0.199. The summed E-state index contributed by atoms with van der Waals surface area (Å²) in [5.41, 5.74) is 11.1. The second-order valence-electron chi connectivity index (χ2n) is 10.5. The molecule has 1 N–H and O–H groups in total. The van der Waals surface area contributed by atoms with Crippen LogP contribution in [0.5, 0.6) is 0 Å². The van der Waals surface area contributed by atoms with Gasteiger partial charge in [0, 0.05) is 4.91 Å². The van der Waals surface area contributed by atoms with E-state index in [0.717, 1.165) is 11.1 Å². The molecule has 3 rings (SSSR count). The van der Waals surface area contributed by atoms with Gasteiger partial charge in [-0.3, -0.25) is 0 Å². The number of nitrogens with zero attached hydrogens (tertiary/aromatic N) is 3. The summed E-state index contributed by atoms with van der Waals surface area (Å²) in [6, 6.07) is 18.7. The van der Waals surface area contributed by atoms with E-state index in [4.69, 9.17) is 18.6 Å². The lowest BCUT2D eigenvalue weighted by molar-refractivity contribution is -0.331. The molecular weight excluding hydrogens is 462 g/mol. The fourth-order valence-electron chi connectivity index (χ4n) is 3.61. The molecule has 0 saturated carbocycles. The Balaban J connectivity index is 1.88. The van der Waals surface area contributed by atoms with Gasteiger partial charge in [0.25, 0.3) is 0 Å². The van der Waals surface area contributed by atoms with E-state index >= 15 is 0 Å². The van der Waals surface area contributed by atoms with Gasteiger partial charge in [-0.15, -0.1) is 0 Å². The third kappa shape index (κ3) is 7.14. The third-order valence-electron chi connectivity index (χ3n) is 6.83. The largest absolute Gasteiger partial charge is 0.411 e. The number of hydrogen-bond donors (Lipinski definition) is 1. The molecule has 1 aliphatic rings. The summed E-state index contributed by atoms with van der Waals surface area (Å²) < 4.78 is 24.8. The van der Waals surface area contributed by atoms with Crippen LogP contribution in [0.15, 0.2) is 65.8 Å². The molecule has 1 saturated heterocycles. The third-order valence-corrected chi connectivity index (χ3v) is 11.3. The van der Waals surface area contributed by atoms with Crippen LogP contribution in [0.1, 0.15) is 31.9 Å². The van der Waals surface area contributed by atoms with Crippen LogP contribution in [0, 0.1) is 0 Å². The first-order valence-corrected chi connectivity index (χ1v) is 14.8. The van der Waals surface area contributed by atoms with Gasteiger partial charge in [-0.1, -0.05) is 86.5 Å². The van der Waals surface area contributed by atoms with Crippen LogP contribution in [0.3, 0.4) is 0 Å². The lowest BCUT2D eigenvalue weighted by atomic mass is 9.95. The summed E-state index contributed by atoms with van der Waals surface area (Å²) in [5, 5.41) is 15.6. The van der Waals surface area contributed by atoms with Gasteiger partial charge in [0.05, 0.1) is 32.5 Å². The van der Waals surface area contributed by atoms with E-state index in [0.29, 0.717) is 0 Å². The zero-order chi connectivity index (χ0) is 25.5. The van der Waals surface area contributed by atoms with Crippen LogP contribution in [-0.2, 0) is 31.9 Å². The molecule has 0 unspecified atom stereocenters. The Morgan fingerprint density at radius 2 is 1.57 bits per heavy atom. The lowest BCUT2D eigenvalue weighted by Crippen LogP contribution is -2.65. The predicted octanol–water partition coefficient (Wildman–Crippen LogP) is 5.58. The Labute approximate surface area is 208 Å². The molecule has 1 heterocycles. The van der Waals surface area contributed by atoms with Gasteiger partial charge >= 0.3 is 0 Å². The molecular formula is C26H37N3O5Si. The van der Waals surface area contributed by atoms with Crippen molar-refractivity contribution >= 4 is 8.32 Å². The first kappa shape index (κ1) is 27.4. The SMILES string of the molecule is CC(C)(C)[Si](C)(C)OC[C@]1(O)OC[C@@H](N=[N+]=[N-])[C@@H](OCc2ccccc2)[C@H]1OCc1ccccc1. The minimum atomic E-state index is -2.20. The number of hydrogen-bond acceptors (Lipinski definition) is 6. The van der Waals surface area contributed by atoms with Gasteiger partial charge in [-0.2, -0.15) is 0 Å². The minimum absolute atomic E-state index is 0.00786. The van der Waals surface area contributed by atoms with Crippen molar-refractivity contribution in [1.82, 2.24) is 0 Å². The van der Waals surface area contributed by atoms with E-state index in [1.54, 1.807) is 0 Å². The molecule has 35 heavy (non-hydrogen) atoms. The van der Waals surface area contributed by atoms with E-state index in [-0.39, 0.29) is 31.5 Å². The summed E-state index contributed by atoms with van der Waals surface area (Å²) in [4.78, 5) is 2.99. The molecule has 0 aliphatic carbocycles. The number of aliphatic hydroxyl groups is 1. The normalized spacial score (nSPS) is 25.1. The van der Waals surface area contributed by atoms with Crippen molar-refractivity contribution in [3.63, 3.8) is 0 Å². The zero-order valence-electron chi connectivity index (χ0n) is 21.3. The molecule has 0 aromatic heterocycles. The van der Waals surface area contributed by atoms with Crippen LogP contribution < -0.4 is 0 Å². The lowest BCUT2D eigenvalue weighted by Gasteiger charge is -2.47. The Morgan fingerprint density at radius 1 is 1.03 bits per heavy atom. The van der Waals surface area contributed by atoms with Crippen molar-refractivity contribution in [2.75, 3.05) is 13.2 Å². The van der Waals surface area contributed by atoms with Crippen molar-refractivity contribution in [1.29, 1.82) is 0 Å². The Bertz CT molecular complexity index is 979. The fraction of sp³-hybridized carbons (Fsp3) is 0.538. The van der Waals surface area contributed by atoms with E-state index < -0.39 is 32.4 Å². The molecule has 2 aromatic rings. The van der Waals surface area contributed by atoms with Gasteiger partial charge in [-0.05, 0) is 34.8 Å². The van der Waals surface area contributed by atoms with Gasteiger partial charge in [-0.25, -0.2) is 0 Å². The molecule has 4 atom stereocenters. The van der Waals surface area contributed by atoms with Crippen LogP contribution in [-0.4, -0.2) is 50.7 Å². The first-order chi connectivity index (χ1) is 16.6. The number of azide groups is 1. The zero-order valence-corrected chi connectivity index (χ0v) is 22.3. The van der Waals surface area contributed by atoms with Crippen molar-refractivity contribution in [2.45, 2.75) is 76.2 Å². The second-order valence-corrected chi connectivity index (χ2v) is 15.3. The Kier molecular flexibility index (Phi) is 9.12. The smallest absolute Gasteiger partial charge is 0.217 e. The highest BCUT2D eigenvalue weighted by molar-refractivity contribution is 6.74. The number of rotatable bonds is 10. The van der Waals surface area contributed by atoms with E-state index in [1.165, 1.54) is 0 Å². The molecule has 1 fully saturated rings. The van der Waals surface area contributed by atoms with Crippen LogP contribution in [0.4, 0.5) is 0 Å². The standard InChI is InChI=1S/C26H37N3O5Si/c1-25(2,3)35(4,5)34-19-26(30)24(32-17-21-14-10-7-11-15-21)23(22(18-33-26)28-29-27)31-16-20-12-8-6-9-13-20/h6-15,22-24,30H,16-19H2,1-5H3/t22-,23-,24-,26+/m1/s1. The van der Waals surface area contributed by atoms with E-state index in [1.807, 2.05) is 60.7 Å². The average molecular weight is 500 g/mol. The van der Waals surface area contributed by atoms with E-state index in [9.17, 15) is 10.6 Å². The summed E-state index contributed by atoms with van der Waals surface area (Å²) in [7, 11) is -2.20. The van der Waals surface area contributed by atoms with Gasteiger partial charge in [0.15, 0.2) is 8.32 Å². The predicted molar refractivity (Wildman–Crippen MR) is 137 cm³/mol. The van der Waals surface area contributed by atoms with Crippen LogP contribution >= 0.6 is 0 Å². The van der Waals surface area contributed by atoms with Crippen molar-refractivity contribution in [3.05, 3.63) is 82.2 Å². The number of benzene rings is 2. The molecule has 0 radical (unpaired) electrons. The molecule has 2 aromatic carbocycles. The topological polar surface area (TPSA) is 106 Å². The second kappa shape index (κ2) is 11.7. The monoisotopic (exact) mass is 499 g/mol.